The summed E-state index contributed by atoms with van der Waals surface area (Å²) in [7, 11) is 0. The Kier molecular flexibility index (Phi) is 5.97. The van der Waals surface area contributed by atoms with Crippen LogP contribution in [0.4, 0.5) is 0 Å². The van der Waals surface area contributed by atoms with Crippen molar-refractivity contribution in [1.82, 2.24) is 15.4 Å². The Morgan fingerprint density at radius 1 is 1.04 bits per heavy atom. The fraction of sp³-hybridized carbons (Fsp3) is 0.353. The van der Waals surface area contributed by atoms with Gasteiger partial charge in [0.1, 0.15) is 5.76 Å². The normalized spacial score (nSPS) is 11.3. The molecule has 2 aromatic heterocycles. The SMILES string of the molecule is Cc1cc(CSc2nnc(SCc3ccc(C(C)C)cc3)s2)no1. The minimum Gasteiger partial charge on any atom is -0.361 e. The zero-order valence-corrected chi connectivity index (χ0v) is 16.3. The molecule has 24 heavy (non-hydrogen) atoms. The van der Waals surface area contributed by atoms with Crippen molar-refractivity contribution in [2.75, 3.05) is 0 Å². The predicted molar refractivity (Wildman–Crippen MR) is 101 cm³/mol. The summed E-state index contributed by atoms with van der Waals surface area (Å²) in [5.41, 5.74) is 3.63. The number of nitrogens with zero attached hydrogens (tertiary/aromatic N) is 3. The lowest BCUT2D eigenvalue weighted by atomic mass is 10.0. The molecule has 1 aromatic carbocycles. The summed E-state index contributed by atoms with van der Waals surface area (Å²) in [6.07, 6.45) is 0. The van der Waals surface area contributed by atoms with Crippen LogP contribution < -0.4 is 0 Å². The van der Waals surface area contributed by atoms with Crippen LogP contribution in [0.1, 0.15) is 42.3 Å². The molecule has 0 aliphatic carbocycles. The number of benzene rings is 1. The van der Waals surface area contributed by atoms with Crippen molar-refractivity contribution in [2.24, 2.45) is 0 Å². The molecule has 0 saturated heterocycles. The van der Waals surface area contributed by atoms with E-state index >= 15 is 0 Å². The lowest BCUT2D eigenvalue weighted by molar-refractivity contribution is 0.393. The first-order valence-electron chi connectivity index (χ1n) is 7.70. The Bertz CT molecular complexity index is 780. The van der Waals surface area contributed by atoms with Gasteiger partial charge >= 0.3 is 0 Å². The molecule has 4 nitrogen and oxygen atoms in total. The number of hydrogen-bond acceptors (Lipinski definition) is 7. The predicted octanol–water partition coefficient (Wildman–Crippen LogP) is 5.54. The van der Waals surface area contributed by atoms with Gasteiger partial charge in [0.05, 0.1) is 5.69 Å². The van der Waals surface area contributed by atoms with Gasteiger partial charge in [-0.05, 0) is 24.0 Å². The van der Waals surface area contributed by atoms with Gasteiger partial charge in [-0.25, -0.2) is 0 Å². The second-order valence-corrected chi connectivity index (χ2v) is 9.16. The molecule has 0 radical (unpaired) electrons. The van der Waals surface area contributed by atoms with Gasteiger partial charge in [-0.15, -0.1) is 10.2 Å². The number of hydrogen-bond donors (Lipinski definition) is 0. The summed E-state index contributed by atoms with van der Waals surface area (Å²) < 4.78 is 7.04. The van der Waals surface area contributed by atoms with Crippen molar-refractivity contribution >= 4 is 34.9 Å². The molecule has 0 saturated carbocycles. The molecule has 0 bridgehead atoms. The lowest BCUT2D eigenvalue weighted by Gasteiger charge is -2.05. The molecule has 0 atom stereocenters. The van der Waals surface area contributed by atoms with Gasteiger partial charge in [0.15, 0.2) is 8.68 Å². The molecule has 0 unspecified atom stereocenters. The number of thioether (sulfide) groups is 2. The van der Waals surface area contributed by atoms with E-state index in [1.54, 1.807) is 34.9 Å². The van der Waals surface area contributed by atoms with Crippen LogP contribution in [0, 0.1) is 6.92 Å². The highest BCUT2D eigenvalue weighted by atomic mass is 32.2. The van der Waals surface area contributed by atoms with E-state index < -0.39 is 0 Å². The van der Waals surface area contributed by atoms with Crippen LogP contribution in [0.2, 0.25) is 0 Å². The highest BCUT2D eigenvalue weighted by Crippen LogP contribution is 2.32. The highest BCUT2D eigenvalue weighted by molar-refractivity contribution is 8.02. The molecule has 3 rings (SSSR count). The molecule has 0 amide bonds. The van der Waals surface area contributed by atoms with E-state index in [1.165, 1.54) is 11.1 Å². The topological polar surface area (TPSA) is 51.8 Å². The van der Waals surface area contributed by atoms with E-state index in [0.717, 1.165) is 31.6 Å². The van der Waals surface area contributed by atoms with Crippen LogP contribution in [0.5, 0.6) is 0 Å². The molecule has 3 aromatic rings. The van der Waals surface area contributed by atoms with E-state index in [2.05, 4.69) is 53.5 Å². The molecule has 0 aliphatic heterocycles. The summed E-state index contributed by atoms with van der Waals surface area (Å²) in [5, 5.41) is 12.5. The minimum absolute atomic E-state index is 0.572. The average molecular weight is 378 g/mol. The smallest absolute Gasteiger partial charge is 0.175 e. The Morgan fingerprint density at radius 2 is 1.71 bits per heavy atom. The van der Waals surface area contributed by atoms with E-state index in [1.807, 2.05) is 13.0 Å². The molecule has 126 valence electrons. The van der Waals surface area contributed by atoms with Crippen molar-refractivity contribution in [3.8, 4) is 0 Å². The summed E-state index contributed by atoms with van der Waals surface area (Å²) in [6.45, 7) is 6.32. The van der Waals surface area contributed by atoms with Gasteiger partial charge < -0.3 is 4.52 Å². The Hall–Kier alpha value is -1.31. The average Bonchev–Trinajstić information content (AvgIpc) is 3.20. The summed E-state index contributed by atoms with van der Waals surface area (Å²) in [5.74, 6) is 3.08. The summed E-state index contributed by atoms with van der Waals surface area (Å²) in [6, 6.07) is 10.8. The van der Waals surface area contributed by atoms with Crippen molar-refractivity contribution in [2.45, 2.75) is 46.9 Å². The van der Waals surface area contributed by atoms with Crippen LogP contribution in [0.15, 0.2) is 43.5 Å². The highest BCUT2D eigenvalue weighted by Gasteiger charge is 2.08. The summed E-state index contributed by atoms with van der Waals surface area (Å²) >= 11 is 5.01. The van der Waals surface area contributed by atoms with Crippen LogP contribution in [0.25, 0.3) is 0 Å². The van der Waals surface area contributed by atoms with E-state index in [0.29, 0.717) is 5.92 Å². The van der Waals surface area contributed by atoms with Gasteiger partial charge in [-0.1, -0.05) is 78.1 Å². The fourth-order valence-corrected chi connectivity index (χ4v) is 4.94. The number of rotatable bonds is 7. The van der Waals surface area contributed by atoms with Crippen molar-refractivity contribution in [3.63, 3.8) is 0 Å². The zero-order chi connectivity index (χ0) is 16.9. The first kappa shape index (κ1) is 17.5. The third-order valence-corrected chi connectivity index (χ3v) is 6.71. The maximum Gasteiger partial charge on any atom is 0.175 e. The molecule has 0 fully saturated rings. The van der Waals surface area contributed by atoms with Crippen LogP contribution >= 0.6 is 34.9 Å². The molecule has 7 heteroatoms. The minimum atomic E-state index is 0.572. The van der Waals surface area contributed by atoms with Gasteiger partial charge in [0, 0.05) is 17.6 Å². The monoisotopic (exact) mass is 377 g/mol. The quantitative estimate of drug-likeness (QED) is 0.504. The maximum atomic E-state index is 5.07. The third kappa shape index (κ3) is 4.84. The molecule has 2 heterocycles. The molecule has 0 N–H and O–H groups in total. The van der Waals surface area contributed by atoms with Gasteiger partial charge in [-0.3, -0.25) is 0 Å². The van der Waals surface area contributed by atoms with Gasteiger partial charge in [0.2, 0.25) is 0 Å². The Morgan fingerprint density at radius 3 is 2.29 bits per heavy atom. The standard InChI is InChI=1S/C17H19N3OS3/c1-11(2)14-6-4-13(5-7-14)9-22-16-18-19-17(24-16)23-10-15-8-12(3)21-20-15/h4-8,11H,9-10H2,1-3H3. The van der Waals surface area contributed by atoms with E-state index in [-0.39, 0.29) is 0 Å². The summed E-state index contributed by atoms with van der Waals surface area (Å²) in [4.78, 5) is 0. The fourth-order valence-electron chi connectivity index (χ4n) is 2.08. The van der Waals surface area contributed by atoms with Crippen LogP contribution in [-0.2, 0) is 11.5 Å². The first-order valence-corrected chi connectivity index (χ1v) is 10.5. The largest absolute Gasteiger partial charge is 0.361 e. The van der Waals surface area contributed by atoms with Crippen molar-refractivity contribution < 1.29 is 4.52 Å². The van der Waals surface area contributed by atoms with E-state index in [9.17, 15) is 0 Å². The lowest BCUT2D eigenvalue weighted by Crippen LogP contribution is -1.87. The van der Waals surface area contributed by atoms with Crippen molar-refractivity contribution in [1.29, 1.82) is 0 Å². The van der Waals surface area contributed by atoms with Crippen LogP contribution in [-0.4, -0.2) is 15.4 Å². The van der Waals surface area contributed by atoms with E-state index in [4.69, 9.17) is 4.52 Å². The molecule has 0 spiro atoms. The Labute approximate surface area is 154 Å². The number of aryl methyl sites for hydroxylation is 1. The van der Waals surface area contributed by atoms with Crippen molar-refractivity contribution in [3.05, 3.63) is 52.9 Å². The second kappa shape index (κ2) is 8.18. The van der Waals surface area contributed by atoms with Gasteiger partial charge in [-0.2, -0.15) is 0 Å². The van der Waals surface area contributed by atoms with Gasteiger partial charge in [0.25, 0.3) is 0 Å². The molecule has 0 aliphatic rings. The van der Waals surface area contributed by atoms with Crippen LogP contribution in [0.3, 0.4) is 0 Å². The third-order valence-electron chi connectivity index (χ3n) is 3.42. The zero-order valence-electron chi connectivity index (χ0n) is 13.9. The number of aromatic nitrogens is 3. The first-order chi connectivity index (χ1) is 11.6. The Balaban J connectivity index is 1.50. The maximum absolute atomic E-state index is 5.07. The molecular formula is C17H19N3OS3. The second-order valence-electron chi connectivity index (χ2n) is 5.74. The molecular weight excluding hydrogens is 358 g/mol.